The monoisotopic (exact) mass is 562 g/mol. The maximum Gasteiger partial charge on any atom is 0.399 e. The van der Waals surface area contributed by atoms with Crippen LogP contribution in [0, 0.1) is 6.92 Å². The van der Waals surface area contributed by atoms with E-state index in [0.29, 0.717) is 24.5 Å². The molecule has 0 aliphatic heterocycles. The minimum absolute atomic E-state index is 0.108. The number of aryl methyl sites for hydroxylation is 1. The third kappa shape index (κ3) is 6.22. The number of alkyl halides is 3. The van der Waals surface area contributed by atoms with Gasteiger partial charge in [-0.3, -0.25) is 9.59 Å². The predicted octanol–water partition coefficient (Wildman–Crippen LogP) is 7.18. The minimum atomic E-state index is -4.85. The van der Waals surface area contributed by atoms with Crippen LogP contribution in [0.15, 0.2) is 49.1 Å². The number of carbonyl (C=O) groups is 2. The highest BCUT2D eigenvalue weighted by molar-refractivity contribution is 6.48. The van der Waals surface area contributed by atoms with Gasteiger partial charge in [0, 0.05) is 17.7 Å². The Kier molecular flexibility index (Phi) is 8.43. The van der Waals surface area contributed by atoms with Gasteiger partial charge in [0.05, 0.1) is 15.1 Å². The van der Waals surface area contributed by atoms with Crippen LogP contribution in [0.5, 0.6) is 0 Å². The summed E-state index contributed by atoms with van der Waals surface area (Å²) < 4.78 is 56.3. The SMILES string of the molecule is C=CCNC(=O)C1(NC(=O)c2ccc(C(F)=CC(c3cc(Cl)c(Cl)c(Cl)c3)C(F)(F)F)cc2C)CC1. The van der Waals surface area contributed by atoms with Gasteiger partial charge in [0.15, 0.2) is 0 Å². The molecule has 0 aromatic heterocycles. The van der Waals surface area contributed by atoms with Gasteiger partial charge in [-0.25, -0.2) is 4.39 Å². The van der Waals surface area contributed by atoms with E-state index < -0.39 is 29.4 Å². The van der Waals surface area contributed by atoms with Crippen molar-refractivity contribution >= 4 is 52.4 Å². The summed E-state index contributed by atoms with van der Waals surface area (Å²) in [6.07, 6.45) is -1.99. The van der Waals surface area contributed by atoms with Crippen molar-refractivity contribution in [3.63, 3.8) is 0 Å². The molecule has 36 heavy (non-hydrogen) atoms. The molecule has 2 aromatic rings. The minimum Gasteiger partial charge on any atom is -0.351 e. The Morgan fingerprint density at radius 1 is 1.14 bits per heavy atom. The average molecular weight is 564 g/mol. The molecule has 1 saturated carbocycles. The molecule has 2 N–H and O–H groups in total. The highest BCUT2D eigenvalue weighted by atomic mass is 35.5. The van der Waals surface area contributed by atoms with Crippen LogP contribution < -0.4 is 10.6 Å². The van der Waals surface area contributed by atoms with Gasteiger partial charge in [0.25, 0.3) is 5.91 Å². The van der Waals surface area contributed by atoms with Crippen LogP contribution >= 0.6 is 34.8 Å². The summed E-state index contributed by atoms with van der Waals surface area (Å²) in [5.74, 6) is -4.39. The lowest BCUT2D eigenvalue weighted by atomic mass is 9.95. The van der Waals surface area contributed by atoms with Crippen LogP contribution in [0.4, 0.5) is 17.6 Å². The first-order valence-electron chi connectivity index (χ1n) is 10.7. The molecule has 2 amide bonds. The van der Waals surface area contributed by atoms with Gasteiger partial charge in [-0.2, -0.15) is 13.2 Å². The largest absolute Gasteiger partial charge is 0.399 e. The van der Waals surface area contributed by atoms with E-state index in [-0.39, 0.29) is 44.2 Å². The Balaban J connectivity index is 1.86. The number of carbonyl (C=O) groups excluding carboxylic acids is 2. The molecule has 4 nitrogen and oxygen atoms in total. The summed E-state index contributed by atoms with van der Waals surface area (Å²) in [6, 6.07) is 5.71. The maximum absolute atomic E-state index is 15.0. The van der Waals surface area contributed by atoms with Crippen LogP contribution in [-0.4, -0.2) is 30.1 Å². The molecule has 11 heteroatoms. The Hall–Kier alpha value is -2.55. The van der Waals surface area contributed by atoms with Crippen molar-refractivity contribution in [1.82, 2.24) is 10.6 Å². The summed E-state index contributed by atoms with van der Waals surface area (Å²) >= 11 is 17.5. The van der Waals surface area contributed by atoms with Crippen LogP contribution in [-0.2, 0) is 4.79 Å². The average Bonchev–Trinajstić information content (AvgIpc) is 3.58. The van der Waals surface area contributed by atoms with E-state index in [1.54, 1.807) is 0 Å². The second-order valence-electron chi connectivity index (χ2n) is 8.40. The molecular formula is C25H21Cl3F4N2O2. The molecule has 2 aromatic carbocycles. The van der Waals surface area contributed by atoms with E-state index in [2.05, 4.69) is 17.2 Å². The van der Waals surface area contributed by atoms with Crippen LogP contribution in [0.25, 0.3) is 5.83 Å². The Bertz CT molecular complexity index is 1220. The second kappa shape index (κ2) is 10.8. The lowest BCUT2D eigenvalue weighted by molar-refractivity contribution is -0.139. The van der Waals surface area contributed by atoms with E-state index in [0.717, 1.165) is 12.1 Å². The van der Waals surface area contributed by atoms with Crippen molar-refractivity contribution in [3.8, 4) is 0 Å². The Morgan fingerprint density at radius 2 is 1.75 bits per heavy atom. The third-order valence-electron chi connectivity index (χ3n) is 5.72. The first kappa shape index (κ1) is 28.0. The van der Waals surface area contributed by atoms with Crippen molar-refractivity contribution in [2.75, 3.05) is 6.54 Å². The van der Waals surface area contributed by atoms with Crippen molar-refractivity contribution in [1.29, 1.82) is 0 Å². The number of allylic oxidation sites excluding steroid dienone is 1. The summed E-state index contributed by atoms with van der Waals surface area (Å²) in [5, 5.41) is 4.84. The molecule has 0 saturated heterocycles. The number of amides is 2. The molecule has 1 aliphatic carbocycles. The fourth-order valence-electron chi connectivity index (χ4n) is 3.60. The lowest BCUT2D eigenvalue weighted by Gasteiger charge is -2.19. The lowest BCUT2D eigenvalue weighted by Crippen LogP contribution is -2.49. The molecule has 0 radical (unpaired) electrons. The Morgan fingerprint density at radius 3 is 2.25 bits per heavy atom. The van der Waals surface area contributed by atoms with Gasteiger partial charge in [-0.15, -0.1) is 6.58 Å². The molecular weight excluding hydrogens is 543 g/mol. The Labute approximate surface area is 220 Å². The molecule has 1 atom stereocenters. The molecule has 3 rings (SSSR count). The zero-order valence-electron chi connectivity index (χ0n) is 18.9. The number of benzene rings is 2. The van der Waals surface area contributed by atoms with Gasteiger partial charge in [-0.05, 0) is 61.2 Å². The van der Waals surface area contributed by atoms with Gasteiger partial charge >= 0.3 is 6.18 Å². The summed E-state index contributed by atoms with van der Waals surface area (Å²) in [4.78, 5) is 25.1. The molecule has 1 aliphatic rings. The van der Waals surface area contributed by atoms with E-state index in [4.69, 9.17) is 34.8 Å². The molecule has 1 unspecified atom stereocenters. The number of hydrogen-bond donors (Lipinski definition) is 2. The van der Waals surface area contributed by atoms with Crippen molar-refractivity contribution in [2.45, 2.75) is 37.4 Å². The van der Waals surface area contributed by atoms with E-state index >= 15 is 4.39 Å². The first-order valence-corrected chi connectivity index (χ1v) is 11.8. The number of nitrogens with one attached hydrogen (secondary N) is 2. The van der Waals surface area contributed by atoms with Crippen LogP contribution in [0.2, 0.25) is 15.1 Å². The molecule has 192 valence electrons. The van der Waals surface area contributed by atoms with Gasteiger partial charge in [0.1, 0.15) is 17.3 Å². The highest BCUT2D eigenvalue weighted by Crippen LogP contribution is 2.42. The zero-order chi connectivity index (χ0) is 26.8. The van der Waals surface area contributed by atoms with E-state index in [9.17, 15) is 22.8 Å². The summed E-state index contributed by atoms with van der Waals surface area (Å²) in [7, 11) is 0. The van der Waals surface area contributed by atoms with Gasteiger partial charge < -0.3 is 10.6 Å². The first-order chi connectivity index (χ1) is 16.8. The van der Waals surface area contributed by atoms with Crippen LogP contribution in [0.1, 0.15) is 45.8 Å². The van der Waals surface area contributed by atoms with Crippen LogP contribution in [0.3, 0.4) is 0 Å². The number of hydrogen-bond acceptors (Lipinski definition) is 2. The second-order valence-corrected chi connectivity index (χ2v) is 9.59. The zero-order valence-corrected chi connectivity index (χ0v) is 21.2. The normalized spacial score (nSPS) is 15.7. The third-order valence-corrected chi connectivity index (χ3v) is 6.92. The summed E-state index contributed by atoms with van der Waals surface area (Å²) in [5.41, 5.74) is -1.07. The predicted molar refractivity (Wildman–Crippen MR) is 133 cm³/mol. The number of halogens is 7. The van der Waals surface area contributed by atoms with Gasteiger partial charge in [-0.1, -0.05) is 46.9 Å². The van der Waals surface area contributed by atoms with Crippen molar-refractivity contribution in [2.24, 2.45) is 0 Å². The van der Waals surface area contributed by atoms with Crippen molar-refractivity contribution < 1.29 is 27.2 Å². The molecule has 0 spiro atoms. The van der Waals surface area contributed by atoms with E-state index in [1.807, 2.05) is 0 Å². The quantitative estimate of drug-likeness (QED) is 0.203. The molecule has 1 fully saturated rings. The van der Waals surface area contributed by atoms with Crippen molar-refractivity contribution in [3.05, 3.63) is 86.4 Å². The van der Waals surface area contributed by atoms with Gasteiger partial charge in [0.2, 0.25) is 5.91 Å². The maximum atomic E-state index is 15.0. The van der Waals surface area contributed by atoms with E-state index in [1.165, 1.54) is 31.2 Å². The fraction of sp³-hybridized carbons (Fsp3) is 0.280. The smallest absolute Gasteiger partial charge is 0.351 e. The number of rotatable bonds is 8. The summed E-state index contributed by atoms with van der Waals surface area (Å²) in [6.45, 7) is 5.29. The topological polar surface area (TPSA) is 58.2 Å². The standard InChI is InChI=1S/C25H21Cl3F4N2O2/c1-3-8-33-23(36)24(6-7-24)34-22(35)16-5-4-14(9-13(16)2)20(29)12-17(25(30,31)32)15-10-18(26)21(28)19(27)11-15/h3-5,9-12,17H,1,6-8H2,2H3,(H,33,36)(H,34,35). The highest BCUT2D eigenvalue weighted by Gasteiger charge is 2.51. The fourth-order valence-corrected chi connectivity index (χ4v) is 4.21. The molecule has 0 heterocycles. The molecule has 0 bridgehead atoms.